The molecule has 0 saturated carbocycles. The van der Waals surface area contributed by atoms with Crippen LogP contribution in [-0.4, -0.2) is 18.0 Å². The van der Waals surface area contributed by atoms with Gasteiger partial charge in [-0.1, -0.05) is 33.6 Å². The fraction of sp³-hybridized carbons (Fsp3) is 1.00. The van der Waals surface area contributed by atoms with Crippen molar-refractivity contribution in [3.8, 4) is 0 Å². The van der Waals surface area contributed by atoms with E-state index in [2.05, 4.69) is 20.8 Å². The van der Waals surface area contributed by atoms with Gasteiger partial charge in [-0.15, -0.1) is 0 Å². The van der Waals surface area contributed by atoms with Gasteiger partial charge in [-0.2, -0.15) is 0 Å². The van der Waals surface area contributed by atoms with Crippen molar-refractivity contribution in [2.75, 3.05) is 6.61 Å². The van der Waals surface area contributed by atoms with E-state index in [1.54, 1.807) is 0 Å². The van der Waals surface area contributed by atoms with Gasteiger partial charge in [-0.25, -0.2) is 0 Å². The van der Waals surface area contributed by atoms with Crippen LogP contribution >= 0.6 is 0 Å². The van der Waals surface area contributed by atoms with E-state index < -0.39 is 6.29 Å². The van der Waals surface area contributed by atoms with Gasteiger partial charge >= 0.3 is 0 Å². The quantitative estimate of drug-likeness (QED) is 0.459. The molecule has 0 amide bonds. The summed E-state index contributed by atoms with van der Waals surface area (Å²) in [5.41, 5.74) is 0. The van der Waals surface area contributed by atoms with Crippen LogP contribution in [0, 0.1) is 5.92 Å². The molecule has 1 atom stereocenters. The van der Waals surface area contributed by atoms with Crippen molar-refractivity contribution in [2.24, 2.45) is 5.92 Å². The monoisotopic (exact) mass is 202 g/mol. The van der Waals surface area contributed by atoms with Crippen LogP contribution < -0.4 is 0 Å². The van der Waals surface area contributed by atoms with Crippen molar-refractivity contribution >= 4 is 0 Å². The molecular formula is C12H26O2. The summed E-state index contributed by atoms with van der Waals surface area (Å²) in [4.78, 5) is 0. The maximum absolute atomic E-state index is 9.42. The van der Waals surface area contributed by atoms with E-state index >= 15 is 0 Å². The molecule has 1 unspecified atom stereocenters. The molecule has 0 aromatic carbocycles. The minimum absolute atomic E-state index is 0.534. The normalized spacial score (nSPS) is 13.5. The summed E-state index contributed by atoms with van der Waals surface area (Å²) in [6, 6.07) is 0. The summed E-state index contributed by atoms with van der Waals surface area (Å²) in [6.07, 6.45) is 5.95. The Labute approximate surface area is 88.7 Å². The second-order valence-corrected chi connectivity index (χ2v) is 4.36. The molecule has 0 fully saturated rings. The van der Waals surface area contributed by atoms with Gasteiger partial charge < -0.3 is 9.84 Å². The Balaban J connectivity index is 3.14. The van der Waals surface area contributed by atoms with Crippen LogP contribution in [-0.2, 0) is 4.74 Å². The Morgan fingerprint density at radius 2 is 1.79 bits per heavy atom. The number of hydrogen-bond donors (Lipinski definition) is 1. The molecule has 0 bridgehead atoms. The van der Waals surface area contributed by atoms with Gasteiger partial charge in [-0.3, -0.25) is 0 Å². The first-order valence-corrected chi connectivity index (χ1v) is 5.96. The highest BCUT2D eigenvalue weighted by atomic mass is 16.6. The average molecular weight is 202 g/mol. The highest BCUT2D eigenvalue weighted by Crippen LogP contribution is 2.07. The molecule has 0 aromatic heterocycles. The molecule has 2 heteroatoms. The third-order valence-corrected chi connectivity index (χ3v) is 2.29. The third-order valence-electron chi connectivity index (χ3n) is 2.29. The molecule has 0 spiro atoms. The van der Waals surface area contributed by atoms with Crippen LogP contribution in [0.2, 0.25) is 0 Å². The number of aliphatic hydroxyl groups excluding tert-OH is 1. The van der Waals surface area contributed by atoms with E-state index in [4.69, 9.17) is 4.74 Å². The number of rotatable bonds is 9. The highest BCUT2D eigenvalue weighted by molar-refractivity contribution is 4.47. The Morgan fingerprint density at radius 1 is 1.07 bits per heavy atom. The molecule has 0 aliphatic heterocycles. The predicted molar refractivity (Wildman–Crippen MR) is 60.2 cm³/mol. The minimum Gasteiger partial charge on any atom is -0.368 e. The molecule has 86 valence electrons. The van der Waals surface area contributed by atoms with Crippen LogP contribution in [0.25, 0.3) is 0 Å². The Kier molecular flexibility index (Phi) is 9.42. The van der Waals surface area contributed by atoms with Crippen LogP contribution in [0.3, 0.4) is 0 Å². The summed E-state index contributed by atoms with van der Waals surface area (Å²) >= 11 is 0. The second kappa shape index (κ2) is 9.47. The molecule has 2 nitrogen and oxygen atoms in total. The summed E-state index contributed by atoms with van der Waals surface area (Å²) in [5, 5.41) is 9.42. The van der Waals surface area contributed by atoms with Crippen molar-refractivity contribution in [1.82, 2.24) is 0 Å². The van der Waals surface area contributed by atoms with Crippen LogP contribution in [0.4, 0.5) is 0 Å². The molecule has 0 saturated heterocycles. The number of aliphatic hydroxyl groups is 1. The van der Waals surface area contributed by atoms with E-state index in [1.807, 2.05) is 0 Å². The van der Waals surface area contributed by atoms with Crippen molar-refractivity contribution in [3.05, 3.63) is 0 Å². The summed E-state index contributed by atoms with van der Waals surface area (Å²) in [6.45, 7) is 7.27. The second-order valence-electron chi connectivity index (χ2n) is 4.36. The molecule has 0 aliphatic carbocycles. The summed E-state index contributed by atoms with van der Waals surface area (Å²) in [7, 11) is 0. The largest absolute Gasteiger partial charge is 0.368 e. The van der Waals surface area contributed by atoms with Gasteiger partial charge in [0.25, 0.3) is 0 Å². The van der Waals surface area contributed by atoms with Crippen LogP contribution in [0.5, 0.6) is 0 Å². The van der Waals surface area contributed by atoms with Gasteiger partial charge in [0.05, 0.1) is 0 Å². The smallest absolute Gasteiger partial charge is 0.154 e. The lowest BCUT2D eigenvalue weighted by Gasteiger charge is -2.12. The molecule has 1 N–H and O–H groups in total. The maximum Gasteiger partial charge on any atom is 0.154 e. The van der Waals surface area contributed by atoms with Gasteiger partial charge in [-0.05, 0) is 31.6 Å². The van der Waals surface area contributed by atoms with Crippen molar-refractivity contribution in [3.63, 3.8) is 0 Å². The fourth-order valence-electron chi connectivity index (χ4n) is 1.36. The molecule has 0 aromatic rings. The first-order valence-electron chi connectivity index (χ1n) is 5.96. The number of ether oxygens (including phenoxy) is 1. The first-order chi connectivity index (χ1) is 6.66. The molecule has 0 heterocycles. The van der Waals surface area contributed by atoms with Gasteiger partial charge in [0.1, 0.15) is 0 Å². The lowest BCUT2D eigenvalue weighted by Crippen LogP contribution is -2.12. The van der Waals surface area contributed by atoms with Crippen molar-refractivity contribution in [1.29, 1.82) is 0 Å². The van der Waals surface area contributed by atoms with Gasteiger partial charge in [0, 0.05) is 6.61 Å². The first kappa shape index (κ1) is 13.9. The van der Waals surface area contributed by atoms with E-state index in [0.29, 0.717) is 6.61 Å². The van der Waals surface area contributed by atoms with Crippen LogP contribution in [0.15, 0.2) is 0 Å². The van der Waals surface area contributed by atoms with Crippen molar-refractivity contribution < 1.29 is 9.84 Å². The van der Waals surface area contributed by atoms with E-state index in [1.165, 1.54) is 19.3 Å². The molecular weight excluding hydrogens is 176 g/mol. The standard InChI is InChI=1S/C12H26O2/c1-4-5-6-9-12(13)14-10-7-8-11(2)3/h11-13H,4-10H2,1-3H3. The van der Waals surface area contributed by atoms with Crippen LogP contribution in [0.1, 0.15) is 59.3 Å². The number of unbranched alkanes of at least 4 members (excludes halogenated alkanes) is 2. The molecule has 0 radical (unpaired) electrons. The zero-order valence-electron chi connectivity index (χ0n) is 9.96. The lowest BCUT2D eigenvalue weighted by molar-refractivity contribution is -0.105. The fourth-order valence-corrected chi connectivity index (χ4v) is 1.36. The number of hydrogen-bond acceptors (Lipinski definition) is 2. The SMILES string of the molecule is CCCCCC(O)OCCCC(C)C. The van der Waals surface area contributed by atoms with E-state index in [-0.39, 0.29) is 0 Å². The van der Waals surface area contributed by atoms with E-state index in [0.717, 1.165) is 25.2 Å². The Hall–Kier alpha value is -0.0800. The maximum atomic E-state index is 9.42. The predicted octanol–water partition coefficient (Wildman–Crippen LogP) is 3.34. The molecule has 14 heavy (non-hydrogen) atoms. The lowest BCUT2D eigenvalue weighted by atomic mass is 10.1. The Bertz CT molecular complexity index is 113. The van der Waals surface area contributed by atoms with E-state index in [9.17, 15) is 5.11 Å². The third kappa shape index (κ3) is 10.0. The van der Waals surface area contributed by atoms with Crippen molar-refractivity contribution in [2.45, 2.75) is 65.6 Å². The van der Waals surface area contributed by atoms with Gasteiger partial charge in [0.15, 0.2) is 6.29 Å². The highest BCUT2D eigenvalue weighted by Gasteiger charge is 2.03. The average Bonchev–Trinajstić information content (AvgIpc) is 2.13. The molecule has 0 aliphatic rings. The summed E-state index contributed by atoms with van der Waals surface area (Å²) in [5.74, 6) is 0.732. The zero-order valence-corrected chi connectivity index (χ0v) is 9.96. The zero-order chi connectivity index (χ0) is 10.8. The minimum atomic E-state index is -0.534. The van der Waals surface area contributed by atoms with Gasteiger partial charge in [0.2, 0.25) is 0 Å². The molecule has 0 rings (SSSR count). The topological polar surface area (TPSA) is 29.5 Å². The Morgan fingerprint density at radius 3 is 2.36 bits per heavy atom. The summed E-state index contributed by atoms with van der Waals surface area (Å²) < 4.78 is 5.29.